The lowest BCUT2D eigenvalue weighted by Gasteiger charge is -2.25. The number of aliphatic carboxylic acids is 2. The fraction of sp³-hybridized carbons (Fsp3) is 0.857. The van der Waals surface area contributed by atoms with Crippen LogP contribution in [0.15, 0.2) is 0 Å². The SMILES string of the molecule is CC(CN(CCCCCCN)CC(C)C(=O)O)C(=O)O. The largest absolute Gasteiger partial charge is 0.481 e. The summed E-state index contributed by atoms with van der Waals surface area (Å²) in [7, 11) is 0. The van der Waals surface area contributed by atoms with E-state index in [2.05, 4.69) is 0 Å². The molecular formula is C14H28N2O4. The highest BCUT2D eigenvalue weighted by Gasteiger charge is 2.20. The van der Waals surface area contributed by atoms with Gasteiger partial charge in [0.05, 0.1) is 11.8 Å². The van der Waals surface area contributed by atoms with Crippen LogP contribution >= 0.6 is 0 Å². The van der Waals surface area contributed by atoms with Gasteiger partial charge in [0.1, 0.15) is 0 Å². The lowest BCUT2D eigenvalue weighted by Crippen LogP contribution is -2.37. The van der Waals surface area contributed by atoms with E-state index in [1.54, 1.807) is 13.8 Å². The number of nitrogens with two attached hydrogens (primary N) is 1. The lowest BCUT2D eigenvalue weighted by molar-refractivity contribution is -0.142. The smallest absolute Gasteiger partial charge is 0.307 e. The minimum Gasteiger partial charge on any atom is -0.481 e. The molecule has 2 unspecified atom stereocenters. The quantitative estimate of drug-likeness (QED) is 0.467. The number of unbranched alkanes of at least 4 members (excludes halogenated alkanes) is 3. The van der Waals surface area contributed by atoms with Crippen LogP contribution in [0.2, 0.25) is 0 Å². The van der Waals surface area contributed by atoms with E-state index < -0.39 is 23.8 Å². The summed E-state index contributed by atoms with van der Waals surface area (Å²) in [5.74, 6) is -2.66. The van der Waals surface area contributed by atoms with Gasteiger partial charge in [-0.15, -0.1) is 0 Å². The molecule has 20 heavy (non-hydrogen) atoms. The van der Waals surface area contributed by atoms with Gasteiger partial charge in [0.25, 0.3) is 0 Å². The zero-order valence-electron chi connectivity index (χ0n) is 12.5. The fourth-order valence-electron chi connectivity index (χ4n) is 2.02. The van der Waals surface area contributed by atoms with Crippen molar-refractivity contribution in [2.24, 2.45) is 17.6 Å². The average molecular weight is 288 g/mol. The maximum absolute atomic E-state index is 10.9. The van der Waals surface area contributed by atoms with Crippen molar-refractivity contribution in [3.05, 3.63) is 0 Å². The molecule has 0 radical (unpaired) electrons. The highest BCUT2D eigenvalue weighted by atomic mass is 16.4. The van der Waals surface area contributed by atoms with Gasteiger partial charge in [0, 0.05) is 13.1 Å². The Hall–Kier alpha value is -1.14. The van der Waals surface area contributed by atoms with Gasteiger partial charge in [0.15, 0.2) is 0 Å². The van der Waals surface area contributed by atoms with Gasteiger partial charge in [0.2, 0.25) is 0 Å². The van der Waals surface area contributed by atoms with Crippen molar-refractivity contribution in [2.75, 3.05) is 26.2 Å². The summed E-state index contributed by atoms with van der Waals surface area (Å²) in [4.78, 5) is 23.8. The van der Waals surface area contributed by atoms with Gasteiger partial charge in [-0.05, 0) is 25.9 Å². The molecule has 0 aliphatic carbocycles. The van der Waals surface area contributed by atoms with Gasteiger partial charge in [-0.2, -0.15) is 0 Å². The van der Waals surface area contributed by atoms with Gasteiger partial charge < -0.3 is 20.8 Å². The van der Waals surface area contributed by atoms with Crippen molar-refractivity contribution in [1.29, 1.82) is 0 Å². The van der Waals surface area contributed by atoms with Crippen molar-refractivity contribution in [3.63, 3.8) is 0 Å². The Morgan fingerprint density at radius 2 is 1.40 bits per heavy atom. The van der Waals surface area contributed by atoms with E-state index in [0.29, 0.717) is 19.6 Å². The van der Waals surface area contributed by atoms with E-state index in [4.69, 9.17) is 15.9 Å². The van der Waals surface area contributed by atoms with Crippen LogP contribution in [0.5, 0.6) is 0 Å². The minimum atomic E-state index is -0.846. The van der Waals surface area contributed by atoms with E-state index >= 15 is 0 Å². The number of hydrogen-bond acceptors (Lipinski definition) is 4. The molecule has 0 heterocycles. The van der Waals surface area contributed by atoms with Crippen LogP contribution in [0.3, 0.4) is 0 Å². The summed E-state index contributed by atoms with van der Waals surface area (Å²) < 4.78 is 0. The van der Waals surface area contributed by atoms with E-state index in [-0.39, 0.29) is 0 Å². The summed E-state index contributed by atoms with van der Waals surface area (Å²) in [6.45, 7) is 5.51. The Morgan fingerprint density at radius 3 is 1.80 bits per heavy atom. The van der Waals surface area contributed by atoms with Crippen LogP contribution in [0.4, 0.5) is 0 Å². The predicted molar refractivity (Wildman–Crippen MR) is 77.6 cm³/mol. The lowest BCUT2D eigenvalue weighted by atomic mass is 10.1. The third-order valence-corrected chi connectivity index (χ3v) is 3.34. The van der Waals surface area contributed by atoms with Gasteiger partial charge in [-0.25, -0.2) is 0 Å². The summed E-state index contributed by atoms with van der Waals surface area (Å²) in [6, 6.07) is 0. The average Bonchev–Trinajstić information content (AvgIpc) is 2.37. The van der Waals surface area contributed by atoms with Crippen molar-refractivity contribution in [3.8, 4) is 0 Å². The summed E-state index contributed by atoms with van der Waals surface area (Å²) in [5.41, 5.74) is 5.43. The highest BCUT2D eigenvalue weighted by Crippen LogP contribution is 2.08. The molecule has 6 heteroatoms. The molecule has 0 bridgehead atoms. The first-order valence-electron chi connectivity index (χ1n) is 7.26. The molecule has 0 spiro atoms. The molecule has 0 saturated heterocycles. The van der Waals surface area contributed by atoms with Gasteiger partial charge in [-0.3, -0.25) is 9.59 Å². The molecule has 4 N–H and O–H groups in total. The van der Waals surface area contributed by atoms with Crippen molar-refractivity contribution in [1.82, 2.24) is 4.90 Å². The standard InChI is InChI=1S/C14H28N2O4/c1-11(13(17)18)9-16(10-12(2)14(19)20)8-6-4-3-5-7-15/h11-12H,3-10,15H2,1-2H3,(H,17,18)(H,19,20). The van der Waals surface area contributed by atoms with Crippen LogP contribution in [0, 0.1) is 11.8 Å². The first kappa shape index (κ1) is 18.9. The summed E-state index contributed by atoms with van der Waals surface area (Å²) in [6.07, 6.45) is 4.04. The third kappa shape index (κ3) is 8.87. The number of carbonyl (C=O) groups is 2. The molecule has 0 aromatic rings. The zero-order chi connectivity index (χ0) is 15.5. The first-order chi connectivity index (χ1) is 9.38. The fourth-order valence-corrected chi connectivity index (χ4v) is 2.02. The molecule has 0 fully saturated rings. The monoisotopic (exact) mass is 288 g/mol. The molecule has 0 saturated carbocycles. The molecule has 0 aromatic carbocycles. The molecule has 118 valence electrons. The molecule has 0 rings (SSSR count). The Bertz CT molecular complexity index is 275. The second kappa shape index (κ2) is 10.6. The van der Waals surface area contributed by atoms with Crippen LogP contribution in [0.25, 0.3) is 0 Å². The first-order valence-corrected chi connectivity index (χ1v) is 7.26. The zero-order valence-corrected chi connectivity index (χ0v) is 12.5. The Labute approximate surface area is 120 Å². The maximum Gasteiger partial charge on any atom is 0.307 e. The normalized spacial score (nSPS) is 14.2. The number of carboxylic acid groups (broad SMARTS) is 2. The molecule has 6 nitrogen and oxygen atoms in total. The third-order valence-electron chi connectivity index (χ3n) is 3.34. The Morgan fingerprint density at radius 1 is 0.950 bits per heavy atom. The number of hydrogen-bond donors (Lipinski definition) is 3. The van der Waals surface area contributed by atoms with Crippen LogP contribution in [-0.4, -0.2) is 53.2 Å². The van der Waals surface area contributed by atoms with E-state index in [1.165, 1.54) is 0 Å². The number of carboxylic acids is 2. The van der Waals surface area contributed by atoms with Gasteiger partial charge >= 0.3 is 11.9 Å². The van der Waals surface area contributed by atoms with Crippen LogP contribution < -0.4 is 5.73 Å². The number of nitrogens with zero attached hydrogens (tertiary/aromatic N) is 1. The van der Waals surface area contributed by atoms with E-state index in [9.17, 15) is 9.59 Å². The molecule has 0 aromatic heterocycles. The van der Waals surface area contributed by atoms with Crippen molar-refractivity contribution >= 4 is 11.9 Å². The van der Waals surface area contributed by atoms with E-state index in [1.807, 2.05) is 4.90 Å². The summed E-state index contributed by atoms with van der Waals surface area (Å²) in [5, 5.41) is 17.9. The Balaban J connectivity index is 4.24. The summed E-state index contributed by atoms with van der Waals surface area (Å²) >= 11 is 0. The topological polar surface area (TPSA) is 104 Å². The Kier molecular flexibility index (Phi) is 10.0. The number of rotatable bonds is 12. The highest BCUT2D eigenvalue weighted by molar-refractivity contribution is 5.70. The van der Waals surface area contributed by atoms with Gasteiger partial charge in [-0.1, -0.05) is 26.7 Å². The molecular weight excluding hydrogens is 260 g/mol. The van der Waals surface area contributed by atoms with Crippen LogP contribution in [-0.2, 0) is 9.59 Å². The van der Waals surface area contributed by atoms with Crippen molar-refractivity contribution < 1.29 is 19.8 Å². The minimum absolute atomic E-state index is 0.393. The van der Waals surface area contributed by atoms with Crippen molar-refractivity contribution in [2.45, 2.75) is 39.5 Å². The second-order valence-corrected chi connectivity index (χ2v) is 5.44. The molecule has 0 amide bonds. The predicted octanol–water partition coefficient (Wildman–Crippen LogP) is 1.25. The maximum atomic E-state index is 10.9. The van der Waals surface area contributed by atoms with Crippen LogP contribution in [0.1, 0.15) is 39.5 Å². The van der Waals surface area contributed by atoms with E-state index in [0.717, 1.165) is 32.2 Å². The second-order valence-electron chi connectivity index (χ2n) is 5.44. The molecule has 0 aliphatic heterocycles. The molecule has 2 atom stereocenters. The molecule has 0 aliphatic rings.